The monoisotopic (exact) mass is 541 g/mol. The fraction of sp³-hybridized carbons (Fsp3) is 0.455. The number of carbonyl (C=O) groups excluding carboxylic acids is 1. The highest BCUT2D eigenvalue weighted by atomic mass is 127. The van der Waals surface area contributed by atoms with Gasteiger partial charge >= 0.3 is 0 Å². The summed E-state index contributed by atoms with van der Waals surface area (Å²) in [4.78, 5) is 19.5. The Morgan fingerprint density at radius 3 is 2.67 bits per heavy atom. The van der Waals surface area contributed by atoms with Crippen LogP contribution in [0, 0.1) is 0 Å². The number of guanidine groups is 1. The van der Waals surface area contributed by atoms with Crippen molar-refractivity contribution < 1.29 is 4.79 Å². The van der Waals surface area contributed by atoms with E-state index in [0.717, 1.165) is 43.4 Å². The Morgan fingerprint density at radius 2 is 1.93 bits per heavy atom. The lowest BCUT2D eigenvalue weighted by atomic mass is 10.2. The van der Waals surface area contributed by atoms with Crippen molar-refractivity contribution in [3.63, 3.8) is 0 Å². The van der Waals surface area contributed by atoms with E-state index in [4.69, 9.17) is 0 Å². The highest BCUT2D eigenvalue weighted by Crippen LogP contribution is 2.19. The van der Waals surface area contributed by atoms with Gasteiger partial charge in [-0.15, -0.1) is 35.3 Å². The van der Waals surface area contributed by atoms with E-state index in [9.17, 15) is 4.79 Å². The largest absolute Gasteiger partial charge is 0.356 e. The maximum atomic E-state index is 11.9. The van der Waals surface area contributed by atoms with Gasteiger partial charge in [-0.25, -0.2) is 0 Å². The minimum absolute atomic E-state index is 0. The Labute approximate surface area is 200 Å². The Kier molecular flexibility index (Phi) is 11.2. The third-order valence-electron chi connectivity index (χ3n) is 5.13. The van der Waals surface area contributed by atoms with Crippen molar-refractivity contribution in [2.45, 2.75) is 31.8 Å². The number of thiophene rings is 1. The Morgan fingerprint density at radius 1 is 1.13 bits per heavy atom. The first-order valence-electron chi connectivity index (χ1n) is 10.3. The first-order chi connectivity index (χ1) is 14.3. The van der Waals surface area contributed by atoms with Gasteiger partial charge in [-0.2, -0.15) is 0 Å². The summed E-state index contributed by atoms with van der Waals surface area (Å²) >= 11 is 1.46. The molecule has 1 aliphatic heterocycles. The molecule has 6 nitrogen and oxygen atoms in total. The summed E-state index contributed by atoms with van der Waals surface area (Å²) in [5.74, 6) is 0.823. The molecule has 0 aliphatic carbocycles. The van der Waals surface area contributed by atoms with Crippen LogP contribution in [0.2, 0.25) is 0 Å². The summed E-state index contributed by atoms with van der Waals surface area (Å²) in [6, 6.07) is 14.9. The van der Waals surface area contributed by atoms with E-state index in [-0.39, 0.29) is 29.9 Å². The molecule has 1 saturated heterocycles. The molecule has 0 bridgehead atoms. The van der Waals surface area contributed by atoms with Gasteiger partial charge < -0.3 is 16.0 Å². The Balaban J connectivity index is 0.00000320. The molecule has 1 atom stereocenters. The van der Waals surface area contributed by atoms with Crippen LogP contribution in [0.25, 0.3) is 0 Å². The molecule has 8 heteroatoms. The van der Waals surface area contributed by atoms with Crippen LogP contribution in [0.3, 0.4) is 0 Å². The maximum absolute atomic E-state index is 11.9. The van der Waals surface area contributed by atoms with Gasteiger partial charge in [0.15, 0.2) is 5.96 Å². The van der Waals surface area contributed by atoms with Gasteiger partial charge in [-0.1, -0.05) is 36.4 Å². The molecule has 0 spiro atoms. The van der Waals surface area contributed by atoms with E-state index in [0.29, 0.717) is 12.6 Å². The number of carbonyl (C=O) groups is 1. The number of likely N-dealkylation sites (tertiary alicyclic amines) is 1. The third kappa shape index (κ3) is 7.88. The molecular formula is C22H32IN5OS. The fourth-order valence-corrected chi connectivity index (χ4v) is 4.22. The lowest BCUT2D eigenvalue weighted by Crippen LogP contribution is -2.45. The normalized spacial score (nSPS) is 16.7. The molecule has 2 aromatic rings. The smallest absolute Gasteiger partial charge is 0.261 e. The van der Waals surface area contributed by atoms with Crippen LogP contribution in [0.4, 0.5) is 0 Å². The van der Waals surface area contributed by atoms with Gasteiger partial charge in [0.1, 0.15) is 0 Å². The van der Waals surface area contributed by atoms with Crippen molar-refractivity contribution in [1.29, 1.82) is 0 Å². The maximum Gasteiger partial charge on any atom is 0.261 e. The molecule has 1 aromatic carbocycles. The van der Waals surface area contributed by atoms with E-state index < -0.39 is 0 Å². The molecule has 164 valence electrons. The number of benzene rings is 1. The molecule has 1 aliphatic rings. The Hall–Kier alpha value is -1.65. The van der Waals surface area contributed by atoms with Crippen LogP contribution in [0.5, 0.6) is 0 Å². The zero-order valence-corrected chi connectivity index (χ0v) is 20.6. The predicted molar refractivity (Wildman–Crippen MR) is 136 cm³/mol. The second kappa shape index (κ2) is 13.6. The number of hydrogen-bond donors (Lipinski definition) is 3. The molecular weight excluding hydrogens is 509 g/mol. The van der Waals surface area contributed by atoms with Gasteiger partial charge in [0.05, 0.1) is 4.88 Å². The summed E-state index contributed by atoms with van der Waals surface area (Å²) in [6.07, 6.45) is 3.31. The average molecular weight is 542 g/mol. The van der Waals surface area contributed by atoms with E-state index in [1.807, 2.05) is 17.5 Å². The second-order valence-electron chi connectivity index (χ2n) is 7.22. The summed E-state index contributed by atoms with van der Waals surface area (Å²) in [7, 11) is 1.80. The van der Waals surface area contributed by atoms with E-state index in [1.165, 1.54) is 29.7 Å². The van der Waals surface area contributed by atoms with Crippen LogP contribution in [0.15, 0.2) is 52.8 Å². The van der Waals surface area contributed by atoms with E-state index >= 15 is 0 Å². The number of rotatable bonds is 9. The predicted octanol–water partition coefficient (Wildman–Crippen LogP) is 3.32. The van der Waals surface area contributed by atoms with Crippen molar-refractivity contribution in [3.05, 3.63) is 58.3 Å². The van der Waals surface area contributed by atoms with E-state index in [2.05, 4.69) is 56.2 Å². The van der Waals surface area contributed by atoms with Crippen LogP contribution in [0.1, 0.15) is 34.5 Å². The van der Waals surface area contributed by atoms with Crippen molar-refractivity contribution in [1.82, 2.24) is 20.9 Å². The van der Waals surface area contributed by atoms with Crippen LogP contribution in [-0.2, 0) is 6.54 Å². The van der Waals surface area contributed by atoms with Gasteiger partial charge in [0, 0.05) is 39.3 Å². The van der Waals surface area contributed by atoms with Crippen LogP contribution >= 0.6 is 35.3 Å². The minimum Gasteiger partial charge on any atom is -0.356 e. The number of nitrogens with one attached hydrogen (secondary N) is 3. The van der Waals surface area contributed by atoms with Gasteiger partial charge in [-0.3, -0.25) is 14.7 Å². The summed E-state index contributed by atoms with van der Waals surface area (Å²) in [6.45, 7) is 4.46. The number of aliphatic imine (C=N–C) groups is 1. The highest BCUT2D eigenvalue weighted by molar-refractivity contribution is 14.0. The zero-order chi connectivity index (χ0) is 20.3. The quantitative estimate of drug-likeness (QED) is 0.197. The summed E-state index contributed by atoms with van der Waals surface area (Å²) in [5, 5.41) is 11.7. The average Bonchev–Trinajstić information content (AvgIpc) is 3.43. The Bertz CT molecular complexity index is 769. The molecule has 1 unspecified atom stereocenters. The standard InChI is InChI=1S/C22H31N5OS.HI/c1-23-22(25-13-7-12-24-21(28)20-11-6-15-29-20)26-16-19-10-5-14-27(19)17-18-8-3-2-4-9-18;/h2-4,6,8-9,11,15,19H,5,7,10,12-14,16-17H2,1H3,(H,24,28)(H2,23,25,26);1H. The van der Waals surface area contributed by atoms with Gasteiger partial charge in [0.2, 0.25) is 0 Å². The minimum atomic E-state index is 0. The number of nitrogens with zero attached hydrogens (tertiary/aromatic N) is 2. The molecule has 1 fully saturated rings. The summed E-state index contributed by atoms with van der Waals surface area (Å²) < 4.78 is 0. The topological polar surface area (TPSA) is 68.8 Å². The fourth-order valence-electron chi connectivity index (χ4n) is 3.58. The van der Waals surface area contributed by atoms with Crippen molar-refractivity contribution in [2.75, 3.05) is 33.2 Å². The highest BCUT2D eigenvalue weighted by Gasteiger charge is 2.24. The number of hydrogen-bond acceptors (Lipinski definition) is 4. The van der Waals surface area contributed by atoms with E-state index in [1.54, 1.807) is 7.05 Å². The van der Waals surface area contributed by atoms with Crippen molar-refractivity contribution in [2.24, 2.45) is 4.99 Å². The summed E-state index contributed by atoms with van der Waals surface area (Å²) in [5.41, 5.74) is 1.37. The molecule has 0 saturated carbocycles. The number of halogens is 1. The first kappa shape index (κ1) is 24.6. The lowest BCUT2D eigenvalue weighted by molar-refractivity contribution is 0.0957. The molecule has 1 amide bonds. The van der Waals surface area contributed by atoms with Crippen LogP contribution in [-0.4, -0.2) is 56.0 Å². The second-order valence-corrected chi connectivity index (χ2v) is 8.17. The SMILES string of the molecule is CN=C(NCCCNC(=O)c1cccs1)NCC1CCCN1Cc1ccccc1.I. The molecule has 2 heterocycles. The van der Waals surface area contributed by atoms with Gasteiger partial charge in [0.25, 0.3) is 5.91 Å². The van der Waals surface area contributed by atoms with Gasteiger partial charge in [-0.05, 0) is 42.8 Å². The molecule has 1 aromatic heterocycles. The third-order valence-corrected chi connectivity index (χ3v) is 6.00. The number of amides is 1. The molecule has 0 radical (unpaired) electrons. The molecule has 3 rings (SSSR count). The zero-order valence-electron chi connectivity index (χ0n) is 17.5. The van der Waals surface area contributed by atoms with Crippen molar-refractivity contribution in [3.8, 4) is 0 Å². The van der Waals surface area contributed by atoms with Crippen LogP contribution < -0.4 is 16.0 Å². The molecule has 30 heavy (non-hydrogen) atoms. The molecule has 3 N–H and O–H groups in total. The van der Waals surface area contributed by atoms with Crippen molar-refractivity contribution >= 4 is 47.2 Å². The lowest BCUT2D eigenvalue weighted by Gasteiger charge is -2.25. The first-order valence-corrected chi connectivity index (χ1v) is 11.2.